The summed E-state index contributed by atoms with van der Waals surface area (Å²) >= 11 is 3.58. The lowest BCUT2D eigenvalue weighted by molar-refractivity contribution is 0.139. The molecule has 0 spiro atoms. The van der Waals surface area contributed by atoms with Crippen molar-refractivity contribution >= 4 is 21.6 Å². The molecule has 94 valence electrons. The van der Waals surface area contributed by atoms with Gasteiger partial charge in [-0.2, -0.15) is 0 Å². The predicted octanol–water partition coefficient (Wildman–Crippen LogP) is 2.64. The summed E-state index contributed by atoms with van der Waals surface area (Å²) in [6, 6.07) is 6.72. The van der Waals surface area contributed by atoms with Crippen molar-refractivity contribution in [3.8, 4) is 0 Å². The summed E-state index contributed by atoms with van der Waals surface area (Å²) in [5.41, 5.74) is 7.91. The third kappa shape index (κ3) is 3.69. The smallest absolute Gasteiger partial charge is 0.0589 e. The second-order valence-electron chi connectivity index (χ2n) is 4.55. The van der Waals surface area contributed by atoms with E-state index in [1.165, 1.54) is 18.4 Å². The summed E-state index contributed by atoms with van der Waals surface area (Å²) in [6.07, 6.45) is 2.62. The number of methoxy groups -OCH3 is 1. The van der Waals surface area contributed by atoms with E-state index in [9.17, 15) is 0 Å². The Labute approximate surface area is 111 Å². The molecule has 0 bridgehead atoms. The summed E-state index contributed by atoms with van der Waals surface area (Å²) < 4.78 is 6.30. The van der Waals surface area contributed by atoms with Crippen LogP contribution in [0.2, 0.25) is 0 Å². The minimum atomic E-state index is 0.735. The minimum absolute atomic E-state index is 0.735. The Kier molecular flexibility index (Phi) is 4.42. The molecule has 2 rings (SSSR count). The van der Waals surface area contributed by atoms with Crippen molar-refractivity contribution in [2.24, 2.45) is 0 Å². The zero-order chi connectivity index (χ0) is 12.3. The molecule has 1 aliphatic carbocycles. The van der Waals surface area contributed by atoms with Crippen molar-refractivity contribution in [1.29, 1.82) is 0 Å². The van der Waals surface area contributed by atoms with Crippen molar-refractivity contribution in [2.45, 2.75) is 25.4 Å². The van der Waals surface area contributed by atoms with Gasteiger partial charge in [-0.1, -0.05) is 15.9 Å². The van der Waals surface area contributed by atoms with Crippen molar-refractivity contribution < 1.29 is 4.74 Å². The quantitative estimate of drug-likeness (QED) is 0.821. The highest BCUT2D eigenvalue weighted by molar-refractivity contribution is 9.10. The molecule has 1 aromatic carbocycles. The van der Waals surface area contributed by atoms with Gasteiger partial charge in [-0.15, -0.1) is 0 Å². The molecule has 0 amide bonds. The molecule has 0 saturated heterocycles. The minimum Gasteiger partial charge on any atom is -0.399 e. The fraction of sp³-hybridized carbons (Fsp3) is 0.538. The standard InChI is InChI=1S/C13H19BrN2O/c1-17-7-6-16(12-3-4-12)9-10-8-11(15)2-5-13(10)14/h2,5,8,12H,3-4,6-7,9,15H2,1H3. The zero-order valence-electron chi connectivity index (χ0n) is 10.2. The summed E-state index contributed by atoms with van der Waals surface area (Å²) in [5, 5.41) is 0. The molecule has 1 aromatic rings. The summed E-state index contributed by atoms with van der Waals surface area (Å²) in [6.45, 7) is 2.72. The Morgan fingerprint density at radius 1 is 1.47 bits per heavy atom. The van der Waals surface area contributed by atoms with Crippen LogP contribution in [0.4, 0.5) is 5.69 Å². The number of hydrogen-bond acceptors (Lipinski definition) is 3. The maximum absolute atomic E-state index is 5.83. The monoisotopic (exact) mass is 298 g/mol. The number of anilines is 1. The average Bonchev–Trinajstić information content (AvgIpc) is 3.13. The largest absolute Gasteiger partial charge is 0.399 e. The van der Waals surface area contributed by atoms with E-state index in [0.29, 0.717) is 0 Å². The van der Waals surface area contributed by atoms with Crippen LogP contribution in [-0.2, 0) is 11.3 Å². The number of benzene rings is 1. The van der Waals surface area contributed by atoms with Crippen LogP contribution in [-0.4, -0.2) is 31.2 Å². The van der Waals surface area contributed by atoms with E-state index >= 15 is 0 Å². The highest BCUT2D eigenvalue weighted by atomic mass is 79.9. The average molecular weight is 299 g/mol. The first-order chi connectivity index (χ1) is 8.20. The highest BCUT2D eigenvalue weighted by Crippen LogP contribution is 2.30. The topological polar surface area (TPSA) is 38.5 Å². The first-order valence-electron chi connectivity index (χ1n) is 5.97. The number of nitrogen functional groups attached to an aromatic ring is 1. The Hall–Kier alpha value is -0.580. The van der Waals surface area contributed by atoms with Crippen molar-refractivity contribution in [3.05, 3.63) is 28.2 Å². The summed E-state index contributed by atoms with van der Waals surface area (Å²) in [7, 11) is 1.75. The van der Waals surface area contributed by atoms with Crippen molar-refractivity contribution in [2.75, 3.05) is 26.0 Å². The first-order valence-corrected chi connectivity index (χ1v) is 6.77. The van der Waals surface area contributed by atoms with E-state index in [2.05, 4.69) is 20.8 Å². The van der Waals surface area contributed by atoms with Crippen molar-refractivity contribution in [3.63, 3.8) is 0 Å². The molecule has 1 fully saturated rings. The van der Waals surface area contributed by atoms with Gasteiger partial charge in [0.1, 0.15) is 0 Å². The lowest BCUT2D eigenvalue weighted by Gasteiger charge is -2.22. The fourth-order valence-electron chi connectivity index (χ4n) is 1.97. The normalized spacial score (nSPS) is 15.5. The second-order valence-corrected chi connectivity index (χ2v) is 5.40. The summed E-state index contributed by atoms with van der Waals surface area (Å²) in [5.74, 6) is 0. The number of nitrogens with two attached hydrogens (primary N) is 1. The second kappa shape index (κ2) is 5.85. The van der Waals surface area contributed by atoms with E-state index in [1.807, 2.05) is 18.2 Å². The van der Waals surface area contributed by atoms with Gasteiger partial charge < -0.3 is 10.5 Å². The van der Waals surface area contributed by atoms with E-state index in [-0.39, 0.29) is 0 Å². The molecule has 0 aromatic heterocycles. The molecule has 0 aliphatic heterocycles. The van der Waals surface area contributed by atoms with Crippen LogP contribution in [0.5, 0.6) is 0 Å². The maximum atomic E-state index is 5.83. The van der Waals surface area contributed by atoms with Crippen LogP contribution in [0.1, 0.15) is 18.4 Å². The lowest BCUT2D eigenvalue weighted by Crippen LogP contribution is -2.29. The number of ether oxygens (including phenoxy) is 1. The van der Waals surface area contributed by atoms with Crippen LogP contribution in [0.15, 0.2) is 22.7 Å². The molecular weight excluding hydrogens is 280 g/mol. The van der Waals surface area contributed by atoms with Crippen LogP contribution in [0, 0.1) is 0 Å². The molecule has 3 nitrogen and oxygen atoms in total. The van der Waals surface area contributed by atoms with E-state index in [1.54, 1.807) is 7.11 Å². The third-order valence-electron chi connectivity index (χ3n) is 3.09. The molecule has 2 N–H and O–H groups in total. The highest BCUT2D eigenvalue weighted by Gasteiger charge is 2.28. The van der Waals surface area contributed by atoms with E-state index < -0.39 is 0 Å². The Morgan fingerprint density at radius 2 is 2.24 bits per heavy atom. The zero-order valence-corrected chi connectivity index (χ0v) is 11.7. The van der Waals surface area contributed by atoms with Gasteiger partial charge in [0.25, 0.3) is 0 Å². The molecular formula is C13H19BrN2O. The third-order valence-corrected chi connectivity index (χ3v) is 3.86. The molecule has 0 atom stereocenters. The van der Waals surface area contributed by atoms with Crippen molar-refractivity contribution in [1.82, 2.24) is 4.90 Å². The van der Waals surface area contributed by atoms with Gasteiger partial charge >= 0.3 is 0 Å². The molecule has 1 aliphatic rings. The molecule has 0 radical (unpaired) electrons. The Balaban J connectivity index is 2.03. The van der Waals surface area contributed by atoms with Gasteiger partial charge in [0.2, 0.25) is 0 Å². The molecule has 0 heterocycles. The number of halogens is 1. The van der Waals surface area contributed by atoms with Crippen LogP contribution in [0.3, 0.4) is 0 Å². The van der Waals surface area contributed by atoms with Crippen LogP contribution >= 0.6 is 15.9 Å². The van der Waals surface area contributed by atoms with Gasteiger partial charge in [0, 0.05) is 36.4 Å². The fourth-order valence-corrected chi connectivity index (χ4v) is 2.35. The number of hydrogen-bond donors (Lipinski definition) is 1. The Morgan fingerprint density at radius 3 is 2.88 bits per heavy atom. The SMILES string of the molecule is COCCN(Cc1cc(N)ccc1Br)C1CC1. The van der Waals surface area contributed by atoms with Crippen LogP contribution < -0.4 is 5.73 Å². The van der Waals surface area contributed by atoms with Gasteiger partial charge in [0.15, 0.2) is 0 Å². The number of nitrogens with zero attached hydrogens (tertiary/aromatic N) is 1. The van der Waals surface area contributed by atoms with Gasteiger partial charge in [-0.3, -0.25) is 4.90 Å². The molecule has 0 unspecified atom stereocenters. The van der Waals surface area contributed by atoms with Gasteiger partial charge in [-0.25, -0.2) is 0 Å². The summed E-state index contributed by atoms with van der Waals surface area (Å²) in [4.78, 5) is 2.48. The van der Waals surface area contributed by atoms with Gasteiger partial charge in [-0.05, 0) is 36.6 Å². The van der Waals surface area contributed by atoms with E-state index in [4.69, 9.17) is 10.5 Å². The molecule has 1 saturated carbocycles. The predicted molar refractivity (Wildman–Crippen MR) is 73.9 cm³/mol. The Bertz CT molecular complexity index is 380. The molecule has 4 heteroatoms. The lowest BCUT2D eigenvalue weighted by atomic mass is 10.2. The molecule has 17 heavy (non-hydrogen) atoms. The number of rotatable bonds is 6. The van der Waals surface area contributed by atoms with Crippen LogP contribution in [0.25, 0.3) is 0 Å². The first kappa shape index (κ1) is 12.9. The van der Waals surface area contributed by atoms with E-state index in [0.717, 1.165) is 35.9 Å². The van der Waals surface area contributed by atoms with Gasteiger partial charge in [0.05, 0.1) is 6.61 Å². The maximum Gasteiger partial charge on any atom is 0.0589 e.